The van der Waals surface area contributed by atoms with Crippen LogP contribution in [0.25, 0.3) is 11.3 Å². The summed E-state index contributed by atoms with van der Waals surface area (Å²) in [6.07, 6.45) is 0.394. The van der Waals surface area contributed by atoms with Gasteiger partial charge in [0.25, 0.3) is 5.91 Å². The molecule has 0 saturated carbocycles. The van der Waals surface area contributed by atoms with Gasteiger partial charge in [-0.3, -0.25) is 14.4 Å². The van der Waals surface area contributed by atoms with Crippen molar-refractivity contribution in [2.45, 2.75) is 19.8 Å². The predicted molar refractivity (Wildman–Crippen MR) is 154 cm³/mol. The number of anilines is 3. The number of rotatable bonds is 10. The van der Waals surface area contributed by atoms with Gasteiger partial charge in [0, 0.05) is 47.8 Å². The highest BCUT2D eigenvalue weighted by atomic mass is 79.9. The third-order valence-corrected chi connectivity index (χ3v) is 6.73. The van der Waals surface area contributed by atoms with Crippen LogP contribution in [0, 0.1) is 0 Å². The molecular formula is C29H29BrN4O4. The van der Waals surface area contributed by atoms with E-state index in [4.69, 9.17) is 5.11 Å². The Morgan fingerprint density at radius 3 is 2.50 bits per heavy atom. The summed E-state index contributed by atoms with van der Waals surface area (Å²) < 4.78 is 0.854. The molecule has 9 heteroatoms. The van der Waals surface area contributed by atoms with E-state index in [2.05, 4.69) is 31.9 Å². The van der Waals surface area contributed by atoms with Crippen LogP contribution in [-0.2, 0) is 20.8 Å². The molecule has 0 spiro atoms. The number of nitrogens with zero attached hydrogens (tertiary/aromatic N) is 1. The molecule has 196 valence electrons. The van der Waals surface area contributed by atoms with Crippen LogP contribution < -0.4 is 20.9 Å². The van der Waals surface area contributed by atoms with Gasteiger partial charge in [0.15, 0.2) is 0 Å². The first-order valence-electron chi connectivity index (χ1n) is 12.2. The standard InChI is InChI=1S/C29H29BrN4O4/c1-18(35)34(15-14-31-2)23-10-8-22(9-11-23)32-28(20-5-3-4-19(16-20)6-13-26(36)37)27-24-12-7-21(30)17-25(24)33-29(27)38/h3-5,7-12,16-17,31-32H,6,13-15H2,1-2H3,(H,33,38)(H,36,37)/b28-27-. The number of aliphatic carboxylic acids is 1. The Labute approximate surface area is 229 Å². The highest BCUT2D eigenvalue weighted by Gasteiger charge is 2.28. The Balaban J connectivity index is 1.75. The first kappa shape index (κ1) is 27.1. The largest absolute Gasteiger partial charge is 0.481 e. The molecule has 0 atom stereocenters. The zero-order chi connectivity index (χ0) is 27.2. The fraction of sp³-hybridized carbons (Fsp3) is 0.207. The van der Waals surface area contributed by atoms with Crippen molar-refractivity contribution in [1.29, 1.82) is 0 Å². The molecule has 1 aliphatic rings. The van der Waals surface area contributed by atoms with E-state index in [0.29, 0.717) is 36.5 Å². The van der Waals surface area contributed by atoms with E-state index >= 15 is 0 Å². The zero-order valence-corrected chi connectivity index (χ0v) is 22.8. The summed E-state index contributed by atoms with van der Waals surface area (Å²) in [6.45, 7) is 2.75. The number of aryl methyl sites for hydroxylation is 1. The molecule has 8 nitrogen and oxygen atoms in total. The van der Waals surface area contributed by atoms with Crippen LogP contribution in [0.2, 0.25) is 0 Å². The summed E-state index contributed by atoms with van der Waals surface area (Å²) in [6, 6.07) is 20.6. The summed E-state index contributed by atoms with van der Waals surface area (Å²) in [5.41, 5.74) is 5.70. The molecule has 0 aliphatic carbocycles. The lowest BCUT2D eigenvalue weighted by atomic mass is 9.97. The van der Waals surface area contributed by atoms with Gasteiger partial charge < -0.3 is 26.0 Å². The molecule has 3 aromatic carbocycles. The Kier molecular flexibility index (Phi) is 8.60. The number of carboxylic acid groups (broad SMARTS) is 1. The molecule has 0 saturated heterocycles. The topological polar surface area (TPSA) is 111 Å². The molecule has 2 amide bonds. The van der Waals surface area contributed by atoms with Gasteiger partial charge in [-0.2, -0.15) is 0 Å². The quantitative estimate of drug-likeness (QED) is 0.254. The minimum absolute atomic E-state index is 0.0157. The van der Waals surface area contributed by atoms with Gasteiger partial charge in [0.05, 0.1) is 17.0 Å². The van der Waals surface area contributed by atoms with Crippen LogP contribution in [0.4, 0.5) is 17.1 Å². The Morgan fingerprint density at radius 2 is 1.82 bits per heavy atom. The summed E-state index contributed by atoms with van der Waals surface area (Å²) >= 11 is 3.46. The number of benzene rings is 3. The maximum Gasteiger partial charge on any atom is 0.303 e. The molecule has 0 radical (unpaired) electrons. The highest BCUT2D eigenvalue weighted by molar-refractivity contribution is 9.10. The molecule has 1 aliphatic heterocycles. The molecule has 3 aromatic rings. The van der Waals surface area contributed by atoms with E-state index in [9.17, 15) is 14.4 Å². The van der Waals surface area contributed by atoms with Crippen LogP contribution in [0.1, 0.15) is 30.0 Å². The number of hydrogen-bond acceptors (Lipinski definition) is 5. The van der Waals surface area contributed by atoms with Crippen molar-refractivity contribution in [3.05, 3.63) is 87.9 Å². The van der Waals surface area contributed by atoms with Gasteiger partial charge >= 0.3 is 5.97 Å². The third-order valence-electron chi connectivity index (χ3n) is 6.23. The Bertz CT molecular complexity index is 1400. The van der Waals surface area contributed by atoms with Crippen LogP contribution in [-0.4, -0.2) is 43.0 Å². The summed E-state index contributed by atoms with van der Waals surface area (Å²) in [5, 5.41) is 18.6. The number of nitrogens with one attached hydrogen (secondary N) is 3. The van der Waals surface area contributed by atoms with E-state index < -0.39 is 5.97 Å². The van der Waals surface area contributed by atoms with E-state index in [1.165, 1.54) is 6.92 Å². The van der Waals surface area contributed by atoms with Crippen LogP contribution >= 0.6 is 15.9 Å². The minimum Gasteiger partial charge on any atom is -0.481 e. The minimum atomic E-state index is -0.865. The monoisotopic (exact) mass is 576 g/mol. The lowest BCUT2D eigenvalue weighted by molar-refractivity contribution is -0.137. The van der Waals surface area contributed by atoms with Crippen molar-refractivity contribution < 1.29 is 19.5 Å². The van der Waals surface area contributed by atoms with Gasteiger partial charge in [-0.1, -0.05) is 40.2 Å². The highest BCUT2D eigenvalue weighted by Crippen LogP contribution is 2.39. The molecule has 0 aromatic heterocycles. The number of fused-ring (bicyclic) bond motifs is 1. The second-order valence-electron chi connectivity index (χ2n) is 8.93. The van der Waals surface area contributed by atoms with Crippen LogP contribution in [0.15, 0.2) is 71.2 Å². The second-order valence-corrected chi connectivity index (χ2v) is 9.85. The van der Waals surface area contributed by atoms with E-state index in [1.54, 1.807) is 4.90 Å². The molecule has 0 unspecified atom stereocenters. The molecule has 0 fully saturated rings. The number of carbonyl (C=O) groups is 3. The summed E-state index contributed by atoms with van der Waals surface area (Å²) in [5.74, 6) is -1.15. The Hall–Kier alpha value is -3.95. The van der Waals surface area contributed by atoms with Crippen molar-refractivity contribution in [3.8, 4) is 0 Å². The van der Waals surface area contributed by atoms with E-state index in [1.807, 2.05) is 73.8 Å². The first-order valence-corrected chi connectivity index (χ1v) is 13.0. The van der Waals surface area contributed by atoms with Crippen molar-refractivity contribution >= 4 is 62.0 Å². The number of hydrogen-bond donors (Lipinski definition) is 4. The average molecular weight is 577 g/mol. The number of halogens is 1. The molecule has 4 N–H and O–H groups in total. The average Bonchev–Trinajstić information content (AvgIpc) is 3.21. The smallest absolute Gasteiger partial charge is 0.303 e. The lowest BCUT2D eigenvalue weighted by Gasteiger charge is -2.22. The fourth-order valence-electron chi connectivity index (χ4n) is 4.37. The molecule has 38 heavy (non-hydrogen) atoms. The van der Waals surface area contributed by atoms with Crippen molar-refractivity contribution in [2.24, 2.45) is 0 Å². The van der Waals surface area contributed by atoms with Crippen LogP contribution in [0.5, 0.6) is 0 Å². The number of carbonyl (C=O) groups excluding carboxylic acids is 2. The zero-order valence-electron chi connectivity index (χ0n) is 21.2. The summed E-state index contributed by atoms with van der Waals surface area (Å²) in [4.78, 5) is 38.2. The number of likely N-dealkylation sites (N-methyl/N-ethyl adjacent to an activating group) is 1. The van der Waals surface area contributed by atoms with Crippen molar-refractivity contribution in [1.82, 2.24) is 5.32 Å². The van der Waals surface area contributed by atoms with Gasteiger partial charge in [0.2, 0.25) is 5.91 Å². The van der Waals surface area contributed by atoms with E-state index in [0.717, 1.165) is 32.5 Å². The maximum absolute atomic E-state index is 13.2. The maximum atomic E-state index is 13.2. The van der Waals surface area contributed by atoms with E-state index in [-0.39, 0.29) is 18.2 Å². The predicted octanol–water partition coefficient (Wildman–Crippen LogP) is 4.97. The molecule has 4 rings (SSSR count). The number of carboxylic acids is 1. The SMILES string of the molecule is CNCCN(C(C)=O)c1ccc(N/C(=C2\C(=O)Nc3cc(Br)ccc32)c2cccc(CCC(=O)O)c2)cc1. The van der Waals surface area contributed by atoms with Gasteiger partial charge in [-0.25, -0.2) is 0 Å². The Morgan fingerprint density at radius 1 is 1.05 bits per heavy atom. The van der Waals surface area contributed by atoms with Gasteiger partial charge in [-0.15, -0.1) is 0 Å². The first-order chi connectivity index (χ1) is 18.3. The molecule has 1 heterocycles. The van der Waals surface area contributed by atoms with Crippen molar-refractivity contribution in [2.75, 3.05) is 35.7 Å². The third kappa shape index (κ3) is 6.30. The van der Waals surface area contributed by atoms with Gasteiger partial charge in [0.1, 0.15) is 0 Å². The van der Waals surface area contributed by atoms with Crippen molar-refractivity contribution in [3.63, 3.8) is 0 Å². The molecular weight excluding hydrogens is 548 g/mol. The number of amides is 2. The summed E-state index contributed by atoms with van der Waals surface area (Å²) in [7, 11) is 1.84. The normalized spacial score (nSPS) is 13.5. The van der Waals surface area contributed by atoms with Crippen LogP contribution in [0.3, 0.4) is 0 Å². The lowest BCUT2D eigenvalue weighted by Crippen LogP contribution is -2.34. The molecule has 0 bridgehead atoms. The van der Waals surface area contributed by atoms with Gasteiger partial charge in [-0.05, 0) is 67.1 Å². The second kappa shape index (κ2) is 12.1. The fourth-order valence-corrected chi connectivity index (χ4v) is 4.73.